The van der Waals surface area contributed by atoms with Crippen molar-refractivity contribution in [3.63, 3.8) is 0 Å². The van der Waals surface area contributed by atoms with Crippen LogP contribution < -0.4 is 16.3 Å². The minimum atomic E-state index is -1.43. The summed E-state index contributed by atoms with van der Waals surface area (Å²) in [4.78, 5) is 24.9. The van der Waals surface area contributed by atoms with Gasteiger partial charge in [-0.1, -0.05) is 0 Å². The maximum Gasteiger partial charge on any atom is 0.255 e. The molecular weight excluding hydrogens is 458 g/mol. The third kappa shape index (κ3) is 3.24. The second-order valence-corrected chi connectivity index (χ2v) is 6.85. The smallest absolute Gasteiger partial charge is 0.255 e. The zero-order valence-electron chi connectivity index (χ0n) is 13.5. The van der Waals surface area contributed by atoms with Crippen LogP contribution in [-0.4, -0.2) is 21.4 Å². The number of aliphatic hydroxyl groups excluding tert-OH is 2. The number of fused-ring (bicyclic) bond motifs is 1. The predicted molar refractivity (Wildman–Crippen MR) is 102 cm³/mol. The van der Waals surface area contributed by atoms with Crippen molar-refractivity contribution in [2.45, 2.75) is 6.10 Å². The van der Waals surface area contributed by atoms with E-state index in [0.717, 1.165) is 16.9 Å². The topological polar surface area (TPSA) is 105 Å². The van der Waals surface area contributed by atoms with Crippen LogP contribution in [-0.2, 0) is 7.05 Å². The van der Waals surface area contributed by atoms with Crippen molar-refractivity contribution < 1.29 is 19.0 Å². The number of nitrogens with one attached hydrogen (secondary N) is 1. The van der Waals surface area contributed by atoms with Gasteiger partial charge in [-0.15, -0.1) is 0 Å². The number of nitrogens with zero attached hydrogens (tertiary/aromatic N) is 1. The lowest BCUT2D eigenvalue weighted by Gasteiger charge is -2.13. The van der Waals surface area contributed by atoms with Crippen LogP contribution in [0.1, 0.15) is 11.7 Å². The number of anilines is 2. The van der Waals surface area contributed by atoms with Crippen LogP contribution in [0.2, 0.25) is 0 Å². The molecule has 0 aliphatic rings. The summed E-state index contributed by atoms with van der Waals surface area (Å²) in [6.07, 6.45) is -0.434. The van der Waals surface area contributed by atoms with E-state index < -0.39 is 29.5 Å². The molecule has 0 aliphatic carbocycles. The molecule has 0 aliphatic heterocycles. The van der Waals surface area contributed by atoms with Gasteiger partial charge in [0.05, 0.1) is 23.5 Å². The van der Waals surface area contributed by atoms with Gasteiger partial charge in [-0.05, 0) is 40.8 Å². The zero-order valence-corrected chi connectivity index (χ0v) is 15.7. The molecule has 136 valence electrons. The minimum Gasteiger partial charge on any atom is -0.447 e. The summed E-state index contributed by atoms with van der Waals surface area (Å²) in [6.45, 7) is -0.670. The largest absolute Gasteiger partial charge is 0.447 e. The fraction of sp³-hybridized carbons (Fsp3) is 0.176. The van der Waals surface area contributed by atoms with Crippen LogP contribution in [0.4, 0.5) is 15.8 Å². The molecule has 0 amide bonds. The molecule has 0 saturated heterocycles. The van der Waals surface area contributed by atoms with Crippen molar-refractivity contribution in [1.29, 1.82) is 0 Å². The average molecular weight is 472 g/mol. The van der Waals surface area contributed by atoms with E-state index in [2.05, 4.69) is 5.32 Å². The molecule has 1 aromatic carbocycles. The second-order valence-electron chi connectivity index (χ2n) is 5.60. The van der Waals surface area contributed by atoms with Crippen molar-refractivity contribution in [1.82, 2.24) is 4.57 Å². The summed E-state index contributed by atoms with van der Waals surface area (Å²) < 4.78 is 21.3. The number of aliphatic hydroxyl groups is 2. The zero-order chi connectivity index (χ0) is 19.0. The number of aryl methyl sites for hydroxylation is 1. The van der Waals surface area contributed by atoms with E-state index in [0.29, 0.717) is 3.57 Å². The molecule has 7 nitrogen and oxygen atoms in total. The monoisotopic (exact) mass is 472 g/mol. The number of halogens is 2. The van der Waals surface area contributed by atoms with Gasteiger partial charge >= 0.3 is 0 Å². The number of aromatic nitrogens is 1. The first-order chi connectivity index (χ1) is 12.3. The number of hydrogen-bond donors (Lipinski definition) is 3. The average Bonchev–Trinajstić information content (AvgIpc) is 2.60. The third-order valence-corrected chi connectivity index (χ3v) is 4.58. The Morgan fingerprint density at radius 1 is 1.31 bits per heavy atom. The van der Waals surface area contributed by atoms with Crippen LogP contribution in [0, 0.1) is 9.39 Å². The number of pyridine rings is 1. The molecule has 2 aromatic heterocycles. The van der Waals surface area contributed by atoms with Crippen molar-refractivity contribution in [2.24, 2.45) is 7.05 Å². The van der Waals surface area contributed by atoms with Gasteiger partial charge in [-0.2, -0.15) is 0 Å². The molecule has 3 N–H and O–H groups in total. The Labute approximate surface area is 159 Å². The summed E-state index contributed by atoms with van der Waals surface area (Å²) in [5.41, 5.74) is -1.17. The lowest BCUT2D eigenvalue weighted by atomic mass is 10.1. The van der Waals surface area contributed by atoms with Gasteiger partial charge < -0.3 is 19.9 Å². The Kier molecular flexibility index (Phi) is 5.12. The van der Waals surface area contributed by atoms with Gasteiger partial charge in [0, 0.05) is 16.7 Å². The SMILES string of the molecule is Cn1c(=O)cc(Nc2ccc(I)cc2F)c2c(=O)c(C(O)CO)coc21. The van der Waals surface area contributed by atoms with E-state index in [9.17, 15) is 19.1 Å². The highest BCUT2D eigenvalue weighted by atomic mass is 127. The van der Waals surface area contributed by atoms with Gasteiger partial charge in [0.25, 0.3) is 5.56 Å². The fourth-order valence-corrected chi connectivity index (χ4v) is 2.97. The van der Waals surface area contributed by atoms with Gasteiger partial charge in [-0.25, -0.2) is 4.39 Å². The summed E-state index contributed by atoms with van der Waals surface area (Å²) >= 11 is 1.96. The molecule has 0 fully saturated rings. The van der Waals surface area contributed by atoms with E-state index >= 15 is 0 Å². The summed E-state index contributed by atoms with van der Waals surface area (Å²) in [6, 6.07) is 5.59. The van der Waals surface area contributed by atoms with Crippen LogP contribution in [0.3, 0.4) is 0 Å². The van der Waals surface area contributed by atoms with E-state index in [4.69, 9.17) is 9.52 Å². The Morgan fingerprint density at radius 3 is 2.69 bits per heavy atom. The van der Waals surface area contributed by atoms with Gasteiger partial charge in [0.2, 0.25) is 11.1 Å². The first kappa shape index (κ1) is 18.5. The first-order valence-electron chi connectivity index (χ1n) is 7.50. The molecule has 2 heterocycles. The Bertz CT molecular complexity index is 1110. The van der Waals surface area contributed by atoms with Gasteiger partial charge in [0.1, 0.15) is 23.6 Å². The normalized spacial score (nSPS) is 12.3. The number of rotatable bonds is 4. The molecule has 0 spiro atoms. The van der Waals surface area contributed by atoms with E-state index in [1.165, 1.54) is 19.2 Å². The quantitative estimate of drug-likeness (QED) is 0.502. The number of benzene rings is 1. The van der Waals surface area contributed by atoms with Crippen molar-refractivity contribution in [2.75, 3.05) is 11.9 Å². The highest BCUT2D eigenvalue weighted by Crippen LogP contribution is 2.26. The fourth-order valence-electron chi connectivity index (χ4n) is 2.51. The van der Waals surface area contributed by atoms with Crippen LogP contribution in [0.5, 0.6) is 0 Å². The lowest BCUT2D eigenvalue weighted by Crippen LogP contribution is -2.23. The molecule has 3 aromatic rings. The summed E-state index contributed by atoms with van der Waals surface area (Å²) in [5, 5.41) is 21.6. The molecule has 26 heavy (non-hydrogen) atoms. The maximum absolute atomic E-state index is 14.2. The molecule has 1 unspecified atom stereocenters. The van der Waals surface area contributed by atoms with Crippen molar-refractivity contribution in [3.05, 3.63) is 66.1 Å². The molecule has 3 rings (SSSR count). The maximum atomic E-state index is 14.2. The van der Waals surface area contributed by atoms with Crippen LogP contribution in [0.25, 0.3) is 11.1 Å². The number of hydrogen-bond acceptors (Lipinski definition) is 6. The van der Waals surface area contributed by atoms with E-state index in [-0.39, 0.29) is 28.0 Å². The van der Waals surface area contributed by atoms with Gasteiger partial charge in [0.15, 0.2) is 0 Å². The summed E-state index contributed by atoms with van der Waals surface area (Å²) in [5.74, 6) is -0.554. The Balaban J connectivity index is 2.28. The van der Waals surface area contributed by atoms with Crippen LogP contribution in [0.15, 0.2) is 44.5 Å². The Morgan fingerprint density at radius 2 is 2.04 bits per heavy atom. The van der Waals surface area contributed by atoms with E-state index in [1.54, 1.807) is 6.07 Å². The standard InChI is InChI=1S/C17H14FIN2O5/c1-21-14(24)5-12(20-11-3-2-8(19)4-10(11)18)15-16(25)9(13(23)6-22)7-26-17(15)21/h2-5,7,13,20,22-23H,6H2,1H3. The second kappa shape index (κ2) is 7.17. The molecular formula is C17H14FIN2O5. The molecule has 0 saturated carbocycles. The van der Waals surface area contributed by atoms with Crippen molar-refractivity contribution in [3.8, 4) is 0 Å². The van der Waals surface area contributed by atoms with E-state index in [1.807, 2.05) is 22.6 Å². The van der Waals surface area contributed by atoms with Crippen LogP contribution >= 0.6 is 22.6 Å². The first-order valence-corrected chi connectivity index (χ1v) is 8.57. The highest BCUT2D eigenvalue weighted by Gasteiger charge is 2.20. The summed E-state index contributed by atoms with van der Waals surface area (Å²) in [7, 11) is 1.42. The van der Waals surface area contributed by atoms with Crippen molar-refractivity contribution >= 4 is 45.1 Å². The Hall–Kier alpha value is -2.24. The lowest BCUT2D eigenvalue weighted by molar-refractivity contribution is 0.0935. The third-order valence-electron chi connectivity index (χ3n) is 3.91. The molecule has 9 heteroatoms. The molecule has 0 radical (unpaired) electrons. The minimum absolute atomic E-state index is 0.0324. The predicted octanol–water partition coefficient (Wildman–Crippen LogP) is 2.00. The molecule has 1 atom stereocenters. The molecule has 0 bridgehead atoms. The van der Waals surface area contributed by atoms with Gasteiger partial charge in [-0.3, -0.25) is 14.2 Å². The highest BCUT2D eigenvalue weighted by molar-refractivity contribution is 14.1.